The minimum atomic E-state index is -3.03. The van der Waals surface area contributed by atoms with Crippen LogP contribution in [0.5, 0.6) is 0 Å². The Morgan fingerprint density at radius 1 is 1.58 bits per heavy atom. The molecule has 0 spiro atoms. The molecule has 1 saturated heterocycles. The minimum absolute atomic E-state index is 0.00463. The largest absolute Gasteiger partial charge is 0.372 e. The summed E-state index contributed by atoms with van der Waals surface area (Å²) in [6.07, 6.45) is 2.02. The molecule has 3 heterocycles. The molecule has 102 valence electrons. The molecule has 1 aliphatic heterocycles. The number of hydrogen-bond acceptors (Lipinski definition) is 7. The van der Waals surface area contributed by atoms with Crippen molar-refractivity contribution in [3.63, 3.8) is 0 Å². The molecule has 8 nitrogen and oxygen atoms in total. The molecule has 1 atom stereocenters. The zero-order chi connectivity index (χ0) is 13.6. The molecule has 0 amide bonds. The highest BCUT2D eigenvalue weighted by molar-refractivity contribution is 7.91. The van der Waals surface area contributed by atoms with Crippen molar-refractivity contribution in [2.75, 3.05) is 16.8 Å². The van der Waals surface area contributed by atoms with Gasteiger partial charge in [-0.3, -0.25) is 0 Å². The van der Waals surface area contributed by atoms with Crippen LogP contribution >= 0.6 is 11.3 Å². The van der Waals surface area contributed by atoms with Gasteiger partial charge in [-0.1, -0.05) is 11.3 Å². The molecule has 1 N–H and O–H groups in total. The summed E-state index contributed by atoms with van der Waals surface area (Å²) in [4.78, 5) is 15.2. The molecule has 3 rings (SSSR count). The van der Waals surface area contributed by atoms with Crippen molar-refractivity contribution in [2.45, 2.75) is 12.5 Å². The van der Waals surface area contributed by atoms with Crippen LogP contribution in [0.2, 0.25) is 0 Å². The van der Waals surface area contributed by atoms with Crippen LogP contribution in [0.4, 0.5) is 11.6 Å². The maximum Gasteiger partial charge on any atom is 0.372 e. The second-order valence-corrected chi connectivity index (χ2v) is 7.44. The van der Waals surface area contributed by atoms with E-state index in [1.54, 1.807) is 11.6 Å². The van der Waals surface area contributed by atoms with Crippen LogP contribution < -0.4 is 5.32 Å². The van der Waals surface area contributed by atoms with E-state index in [1.165, 1.54) is 15.7 Å². The number of nitro groups is 1. The Labute approximate surface area is 112 Å². The zero-order valence-electron chi connectivity index (χ0n) is 9.64. The van der Waals surface area contributed by atoms with E-state index in [9.17, 15) is 18.5 Å². The van der Waals surface area contributed by atoms with Crippen LogP contribution in [0.3, 0.4) is 0 Å². The van der Waals surface area contributed by atoms with E-state index in [1.807, 2.05) is 0 Å². The fraction of sp³-hybridized carbons (Fsp3) is 0.444. The summed E-state index contributed by atoms with van der Waals surface area (Å²) in [6, 6.07) is -0.312. The molecule has 0 radical (unpaired) electrons. The van der Waals surface area contributed by atoms with E-state index >= 15 is 0 Å². The van der Waals surface area contributed by atoms with Gasteiger partial charge >= 0.3 is 5.82 Å². The van der Waals surface area contributed by atoms with Gasteiger partial charge in [-0.2, -0.15) is 9.38 Å². The normalized spacial score (nSPS) is 21.8. The molecule has 2 aromatic rings. The first-order valence-corrected chi connectivity index (χ1v) is 8.23. The van der Waals surface area contributed by atoms with E-state index in [0.29, 0.717) is 11.4 Å². The Hall–Kier alpha value is -1.68. The lowest BCUT2D eigenvalue weighted by molar-refractivity contribution is -0.389. The van der Waals surface area contributed by atoms with Crippen molar-refractivity contribution in [3.05, 3.63) is 21.7 Å². The molecule has 1 aliphatic rings. The molecule has 0 aliphatic carbocycles. The van der Waals surface area contributed by atoms with Crippen molar-refractivity contribution >= 4 is 37.8 Å². The average Bonchev–Trinajstić information content (AvgIpc) is 2.92. The Morgan fingerprint density at radius 2 is 2.37 bits per heavy atom. The lowest BCUT2D eigenvalue weighted by atomic mass is 10.3. The highest BCUT2D eigenvalue weighted by Crippen LogP contribution is 2.29. The number of sulfone groups is 1. The molecule has 0 aromatic carbocycles. The number of aromatic nitrogens is 2. The summed E-state index contributed by atoms with van der Waals surface area (Å²) in [5, 5.41) is 15.7. The third-order valence-corrected chi connectivity index (χ3v) is 5.51. The maximum atomic E-state index is 11.4. The Balaban J connectivity index is 1.95. The molecular weight excluding hydrogens is 292 g/mol. The van der Waals surface area contributed by atoms with Crippen molar-refractivity contribution in [1.29, 1.82) is 0 Å². The summed E-state index contributed by atoms with van der Waals surface area (Å²) in [5.74, 6) is 0.0928. The van der Waals surface area contributed by atoms with Gasteiger partial charge in [0.2, 0.25) is 5.82 Å². The Bertz CT molecular complexity index is 747. The highest BCUT2D eigenvalue weighted by atomic mass is 32.2. The molecular formula is C9H10N4O4S2. The SMILES string of the molecule is O=[N+]([O-])c1c(NC2CCS(=O)(=O)C2)nc2sccn12. The third-order valence-electron chi connectivity index (χ3n) is 2.98. The summed E-state index contributed by atoms with van der Waals surface area (Å²) < 4.78 is 24.1. The minimum Gasteiger partial charge on any atom is -0.359 e. The van der Waals surface area contributed by atoms with Gasteiger partial charge in [0.25, 0.3) is 4.96 Å². The molecule has 1 unspecified atom stereocenters. The van der Waals surface area contributed by atoms with Gasteiger partial charge in [0.05, 0.1) is 11.5 Å². The van der Waals surface area contributed by atoms with E-state index in [4.69, 9.17) is 0 Å². The van der Waals surface area contributed by atoms with E-state index in [-0.39, 0.29) is 29.2 Å². The van der Waals surface area contributed by atoms with Crippen molar-refractivity contribution in [1.82, 2.24) is 9.38 Å². The van der Waals surface area contributed by atoms with Crippen LogP contribution in [0, 0.1) is 10.1 Å². The summed E-state index contributed by atoms with van der Waals surface area (Å²) in [7, 11) is -3.03. The first kappa shape index (κ1) is 12.4. The lowest BCUT2D eigenvalue weighted by Crippen LogP contribution is -2.21. The second kappa shape index (κ2) is 4.17. The molecule has 0 bridgehead atoms. The molecule has 19 heavy (non-hydrogen) atoms. The van der Waals surface area contributed by atoms with Crippen LogP contribution in [0.15, 0.2) is 11.6 Å². The van der Waals surface area contributed by atoms with Crippen molar-refractivity contribution in [3.8, 4) is 0 Å². The Morgan fingerprint density at radius 3 is 3.00 bits per heavy atom. The first-order valence-electron chi connectivity index (χ1n) is 5.53. The van der Waals surface area contributed by atoms with Crippen LogP contribution in [0.1, 0.15) is 6.42 Å². The van der Waals surface area contributed by atoms with Gasteiger partial charge in [0.15, 0.2) is 9.84 Å². The maximum absolute atomic E-state index is 11.4. The lowest BCUT2D eigenvalue weighted by Gasteiger charge is -2.08. The van der Waals surface area contributed by atoms with Gasteiger partial charge in [-0.05, 0) is 11.3 Å². The van der Waals surface area contributed by atoms with Crippen molar-refractivity contribution in [2.24, 2.45) is 0 Å². The number of nitrogens with one attached hydrogen (secondary N) is 1. The average molecular weight is 302 g/mol. The second-order valence-electron chi connectivity index (χ2n) is 4.34. The summed E-state index contributed by atoms with van der Waals surface area (Å²) >= 11 is 1.29. The third kappa shape index (κ3) is 2.16. The van der Waals surface area contributed by atoms with Gasteiger partial charge < -0.3 is 15.4 Å². The molecule has 1 fully saturated rings. The van der Waals surface area contributed by atoms with Gasteiger partial charge in [0.1, 0.15) is 6.20 Å². The first-order chi connectivity index (χ1) is 8.96. The summed E-state index contributed by atoms with van der Waals surface area (Å²) in [5.41, 5.74) is 0. The number of fused-ring (bicyclic) bond motifs is 1. The quantitative estimate of drug-likeness (QED) is 0.667. The monoisotopic (exact) mass is 302 g/mol. The van der Waals surface area contributed by atoms with Crippen LogP contribution in [0.25, 0.3) is 4.96 Å². The smallest absolute Gasteiger partial charge is 0.359 e. The van der Waals surface area contributed by atoms with Crippen molar-refractivity contribution < 1.29 is 13.3 Å². The van der Waals surface area contributed by atoms with Gasteiger partial charge in [-0.25, -0.2) is 8.42 Å². The Kier molecular flexibility index (Phi) is 2.71. The molecule has 2 aromatic heterocycles. The van der Waals surface area contributed by atoms with E-state index in [0.717, 1.165) is 0 Å². The topological polar surface area (TPSA) is 107 Å². The zero-order valence-corrected chi connectivity index (χ0v) is 11.3. The standard InChI is InChI=1S/C9H10N4O4S2/c14-13(15)8-7(11-9-12(8)2-3-18-9)10-6-1-4-19(16,17)5-6/h2-3,6,10H,1,4-5H2. The van der Waals surface area contributed by atoms with E-state index in [2.05, 4.69) is 10.3 Å². The number of hydrogen-bond donors (Lipinski definition) is 1. The van der Waals surface area contributed by atoms with Gasteiger partial charge in [-0.15, -0.1) is 0 Å². The predicted octanol–water partition coefficient (Wildman–Crippen LogP) is 0.903. The number of anilines is 1. The molecule has 0 saturated carbocycles. The van der Waals surface area contributed by atoms with E-state index < -0.39 is 14.8 Å². The highest BCUT2D eigenvalue weighted by Gasteiger charge is 2.31. The predicted molar refractivity (Wildman–Crippen MR) is 70.4 cm³/mol. The molecule has 10 heteroatoms. The van der Waals surface area contributed by atoms with Crippen LogP contribution in [-0.4, -0.2) is 40.3 Å². The fourth-order valence-corrected chi connectivity index (χ4v) is 4.53. The number of nitrogens with zero attached hydrogens (tertiary/aromatic N) is 3. The number of imidazole rings is 1. The number of thiazole rings is 1. The van der Waals surface area contributed by atoms with Gasteiger partial charge in [0, 0.05) is 11.4 Å². The summed E-state index contributed by atoms with van der Waals surface area (Å²) in [6.45, 7) is 0. The number of rotatable bonds is 3. The fourth-order valence-electron chi connectivity index (χ4n) is 2.15. The van der Waals surface area contributed by atoms with Crippen LogP contribution in [-0.2, 0) is 9.84 Å².